The largest absolute Gasteiger partial charge is 0.461 e. The second kappa shape index (κ2) is 8.00. The summed E-state index contributed by atoms with van der Waals surface area (Å²) in [5.74, 6) is -0.975. The molecule has 21 heavy (non-hydrogen) atoms. The second-order valence-corrected chi connectivity index (χ2v) is 6.43. The maximum absolute atomic E-state index is 12.0. The van der Waals surface area contributed by atoms with Crippen LogP contribution in [-0.4, -0.2) is 35.6 Å². The molecule has 0 saturated carbocycles. The number of ether oxygens (including phenoxy) is 2. The molecule has 0 radical (unpaired) electrons. The van der Waals surface area contributed by atoms with E-state index in [1.54, 1.807) is 41.5 Å². The van der Waals surface area contributed by atoms with E-state index in [0.717, 1.165) is 0 Å². The fraction of sp³-hybridized carbons (Fsp3) is 0.800. The second-order valence-electron chi connectivity index (χ2n) is 6.43. The molecule has 0 fully saturated rings. The molecule has 0 aliphatic carbocycles. The van der Waals surface area contributed by atoms with E-state index in [2.05, 4.69) is 5.32 Å². The Kier molecular flexibility index (Phi) is 7.39. The lowest BCUT2D eigenvalue weighted by atomic mass is 9.98. The van der Waals surface area contributed by atoms with Crippen LogP contribution in [0.4, 0.5) is 4.79 Å². The van der Waals surface area contributed by atoms with Gasteiger partial charge in [0.2, 0.25) is 0 Å². The predicted octanol–water partition coefficient (Wildman–Crippen LogP) is 2.45. The Morgan fingerprint density at radius 1 is 1.10 bits per heavy atom. The maximum atomic E-state index is 12.0. The third-order valence-corrected chi connectivity index (χ3v) is 2.61. The van der Waals surface area contributed by atoms with Gasteiger partial charge in [-0.1, -0.05) is 6.92 Å². The van der Waals surface area contributed by atoms with Crippen LogP contribution < -0.4 is 5.32 Å². The first-order valence-corrected chi connectivity index (χ1v) is 7.13. The molecule has 0 heterocycles. The van der Waals surface area contributed by atoms with E-state index < -0.39 is 23.7 Å². The summed E-state index contributed by atoms with van der Waals surface area (Å²) in [6, 6.07) is -0.902. The van der Waals surface area contributed by atoms with Crippen molar-refractivity contribution in [3.8, 4) is 0 Å². The molecule has 2 atom stereocenters. The van der Waals surface area contributed by atoms with Crippen molar-refractivity contribution in [2.24, 2.45) is 5.92 Å². The summed E-state index contributed by atoms with van der Waals surface area (Å²) in [6.07, 6.45) is -0.822. The highest BCUT2D eigenvalue weighted by Crippen LogP contribution is 2.12. The first-order valence-electron chi connectivity index (χ1n) is 7.13. The van der Waals surface area contributed by atoms with Gasteiger partial charge in [-0.3, -0.25) is 4.79 Å². The third-order valence-electron chi connectivity index (χ3n) is 2.61. The van der Waals surface area contributed by atoms with Crippen molar-refractivity contribution in [1.29, 1.82) is 0 Å². The van der Waals surface area contributed by atoms with E-state index in [1.165, 1.54) is 6.92 Å². The summed E-state index contributed by atoms with van der Waals surface area (Å²) in [4.78, 5) is 35.1. The highest BCUT2D eigenvalue weighted by Gasteiger charge is 2.28. The highest BCUT2D eigenvalue weighted by molar-refractivity contribution is 5.83. The quantitative estimate of drug-likeness (QED) is 0.762. The van der Waals surface area contributed by atoms with Gasteiger partial charge >= 0.3 is 12.1 Å². The first-order chi connectivity index (χ1) is 9.42. The van der Waals surface area contributed by atoms with Gasteiger partial charge in [0.1, 0.15) is 17.4 Å². The average Bonchev–Trinajstić information content (AvgIpc) is 2.23. The molecule has 0 aliphatic heterocycles. The minimum atomic E-state index is -0.902. The average molecular weight is 301 g/mol. The fourth-order valence-corrected chi connectivity index (χ4v) is 1.50. The number of alkyl carbamates (subject to hydrolysis) is 1. The number of carbonyl (C=O) groups is 3. The van der Waals surface area contributed by atoms with E-state index in [-0.39, 0.29) is 24.2 Å². The van der Waals surface area contributed by atoms with Gasteiger partial charge in [-0.2, -0.15) is 0 Å². The Balaban J connectivity index is 4.83. The highest BCUT2D eigenvalue weighted by atomic mass is 16.6. The molecule has 1 amide bonds. The number of nitrogens with one attached hydrogen (secondary N) is 1. The van der Waals surface area contributed by atoms with E-state index in [1.807, 2.05) is 0 Å². The summed E-state index contributed by atoms with van der Waals surface area (Å²) >= 11 is 0. The van der Waals surface area contributed by atoms with Crippen molar-refractivity contribution in [2.45, 2.75) is 72.6 Å². The molecular weight excluding hydrogens is 274 g/mol. The van der Waals surface area contributed by atoms with Crippen LogP contribution in [0.1, 0.15) is 54.9 Å². The SMILES string of the molecule is CC(=O)[C@H](C)C[C@@H](NC(=O)OC(C)(C)C)C(=O)OC(C)C. The number of amides is 1. The molecule has 1 N–H and O–H groups in total. The van der Waals surface area contributed by atoms with Gasteiger partial charge in [-0.15, -0.1) is 0 Å². The van der Waals surface area contributed by atoms with E-state index in [0.29, 0.717) is 0 Å². The van der Waals surface area contributed by atoms with E-state index in [4.69, 9.17) is 9.47 Å². The molecule has 0 aromatic heterocycles. The minimum Gasteiger partial charge on any atom is -0.461 e. The molecule has 0 unspecified atom stereocenters. The number of hydrogen-bond acceptors (Lipinski definition) is 5. The fourth-order valence-electron chi connectivity index (χ4n) is 1.50. The molecular formula is C15H27NO5. The maximum Gasteiger partial charge on any atom is 0.408 e. The van der Waals surface area contributed by atoms with Crippen LogP contribution in [0.5, 0.6) is 0 Å². The van der Waals surface area contributed by atoms with Crippen LogP contribution in [-0.2, 0) is 19.1 Å². The molecule has 0 spiro atoms. The summed E-state index contributed by atoms with van der Waals surface area (Å²) < 4.78 is 10.2. The summed E-state index contributed by atoms with van der Waals surface area (Å²) in [7, 11) is 0. The van der Waals surface area contributed by atoms with Crippen LogP contribution in [0.15, 0.2) is 0 Å². The summed E-state index contributed by atoms with van der Waals surface area (Å²) in [6.45, 7) is 11.8. The number of carbonyl (C=O) groups excluding carboxylic acids is 3. The zero-order chi connectivity index (χ0) is 16.8. The van der Waals surface area contributed by atoms with Crippen LogP contribution in [0.2, 0.25) is 0 Å². The zero-order valence-electron chi connectivity index (χ0n) is 14.0. The molecule has 0 saturated heterocycles. The van der Waals surface area contributed by atoms with E-state index >= 15 is 0 Å². The number of esters is 1. The lowest BCUT2D eigenvalue weighted by Gasteiger charge is -2.24. The molecule has 0 aromatic rings. The summed E-state index contributed by atoms with van der Waals surface area (Å²) in [5.41, 5.74) is -0.664. The lowest BCUT2D eigenvalue weighted by Crippen LogP contribution is -2.46. The van der Waals surface area contributed by atoms with Gasteiger partial charge in [0.15, 0.2) is 0 Å². The van der Waals surface area contributed by atoms with Crippen LogP contribution in [0.25, 0.3) is 0 Å². The number of ketones is 1. The van der Waals surface area contributed by atoms with Crippen molar-refractivity contribution in [3.63, 3.8) is 0 Å². The minimum absolute atomic E-state index is 0.0525. The standard InChI is InChI=1S/C15H27NO5/c1-9(2)20-13(18)12(8-10(3)11(4)17)16-14(19)21-15(5,6)7/h9-10,12H,8H2,1-7H3,(H,16,19)/t10-,12-/m1/s1. The molecule has 0 bridgehead atoms. The van der Waals surface area contributed by atoms with Gasteiger partial charge in [-0.05, 0) is 48.0 Å². The lowest BCUT2D eigenvalue weighted by molar-refractivity contribution is -0.150. The molecule has 6 nitrogen and oxygen atoms in total. The van der Waals surface area contributed by atoms with Crippen molar-refractivity contribution in [2.75, 3.05) is 0 Å². The third kappa shape index (κ3) is 9.05. The van der Waals surface area contributed by atoms with Crippen LogP contribution in [0.3, 0.4) is 0 Å². The molecule has 6 heteroatoms. The topological polar surface area (TPSA) is 81.7 Å². The Hall–Kier alpha value is -1.59. The zero-order valence-corrected chi connectivity index (χ0v) is 14.0. The number of rotatable bonds is 6. The Labute approximate surface area is 126 Å². The van der Waals surface area contributed by atoms with Crippen LogP contribution in [0, 0.1) is 5.92 Å². The first kappa shape index (κ1) is 19.4. The van der Waals surface area contributed by atoms with Gasteiger partial charge in [0.25, 0.3) is 0 Å². The molecule has 0 aromatic carbocycles. The van der Waals surface area contributed by atoms with Crippen molar-refractivity contribution in [1.82, 2.24) is 5.32 Å². The van der Waals surface area contributed by atoms with E-state index in [9.17, 15) is 14.4 Å². The van der Waals surface area contributed by atoms with Crippen molar-refractivity contribution >= 4 is 17.8 Å². The Morgan fingerprint density at radius 3 is 2.00 bits per heavy atom. The summed E-state index contributed by atoms with van der Waals surface area (Å²) in [5, 5.41) is 2.48. The number of hydrogen-bond donors (Lipinski definition) is 1. The number of Topliss-reactive ketones (excluding diaryl/α,β-unsaturated/α-hetero) is 1. The predicted molar refractivity (Wildman–Crippen MR) is 78.8 cm³/mol. The molecule has 122 valence electrons. The smallest absolute Gasteiger partial charge is 0.408 e. The van der Waals surface area contributed by atoms with Crippen LogP contribution >= 0.6 is 0 Å². The van der Waals surface area contributed by atoms with Crippen molar-refractivity contribution < 1.29 is 23.9 Å². The molecule has 0 aliphatic rings. The normalized spacial score (nSPS) is 14.3. The monoisotopic (exact) mass is 301 g/mol. The Bertz CT molecular complexity index is 384. The van der Waals surface area contributed by atoms with Gasteiger partial charge in [0.05, 0.1) is 6.10 Å². The van der Waals surface area contributed by atoms with Gasteiger partial charge < -0.3 is 14.8 Å². The Morgan fingerprint density at radius 2 is 1.62 bits per heavy atom. The molecule has 0 rings (SSSR count). The van der Waals surface area contributed by atoms with Crippen molar-refractivity contribution in [3.05, 3.63) is 0 Å². The van der Waals surface area contributed by atoms with Gasteiger partial charge in [0, 0.05) is 5.92 Å². The van der Waals surface area contributed by atoms with Gasteiger partial charge in [-0.25, -0.2) is 9.59 Å².